The van der Waals surface area contributed by atoms with Crippen LogP contribution in [0.2, 0.25) is 0 Å². The minimum atomic E-state index is 0.326. The Kier molecular flexibility index (Phi) is 5.75. The van der Waals surface area contributed by atoms with E-state index >= 15 is 0 Å². The van der Waals surface area contributed by atoms with Crippen molar-refractivity contribution in [1.29, 1.82) is 0 Å². The van der Waals surface area contributed by atoms with Crippen molar-refractivity contribution in [3.8, 4) is 0 Å². The van der Waals surface area contributed by atoms with E-state index in [-0.39, 0.29) is 0 Å². The Labute approximate surface area is 113 Å². The molecule has 5 heteroatoms. The summed E-state index contributed by atoms with van der Waals surface area (Å²) < 4.78 is 0. The van der Waals surface area contributed by atoms with Gasteiger partial charge in [-0.1, -0.05) is 32.1 Å². The van der Waals surface area contributed by atoms with Gasteiger partial charge >= 0.3 is 0 Å². The van der Waals surface area contributed by atoms with Gasteiger partial charge in [0.25, 0.3) is 0 Å². The molecule has 19 heavy (non-hydrogen) atoms. The van der Waals surface area contributed by atoms with E-state index in [0.29, 0.717) is 6.61 Å². The molecule has 0 bridgehead atoms. The second kappa shape index (κ2) is 7.84. The van der Waals surface area contributed by atoms with Crippen LogP contribution < -0.4 is 0 Å². The molecule has 2 N–H and O–H groups in total. The predicted octanol–water partition coefficient (Wildman–Crippen LogP) is 2.62. The monoisotopic (exact) mass is 262 g/mol. The maximum absolute atomic E-state index is 8.67. The third kappa shape index (κ3) is 4.59. The molecular weight excluding hydrogens is 240 g/mol. The molecule has 5 nitrogen and oxygen atoms in total. The quantitative estimate of drug-likeness (QED) is 0.681. The number of unbranched alkanes of at least 4 members (excludes halogenated alkanes) is 6. The van der Waals surface area contributed by atoms with Gasteiger partial charge in [0.1, 0.15) is 11.3 Å². The number of nitrogens with zero attached hydrogens (tertiary/aromatic N) is 3. The largest absolute Gasteiger partial charge is 0.396 e. The van der Waals surface area contributed by atoms with Gasteiger partial charge < -0.3 is 10.1 Å². The Hall–Kier alpha value is -1.49. The van der Waals surface area contributed by atoms with Crippen LogP contribution in [0, 0.1) is 0 Å². The van der Waals surface area contributed by atoms with Crippen LogP contribution in [0.4, 0.5) is 0 Å². The smallest absolute Gasteiger partial charge is 0.180 e. The number of aromatic nitrogens is 4. The van der Waals surface area contributed by atoms with E-state index < -0.39 is 0 Å². The Morgan fingerprint density at radius 1 is 0.947 bits per heavy atom. The van der Waals surface area contributed by atoms with Crippen LogP contribution in [0.15, 0.2) is 12.5 Å². The van der Waals surface area contributed by atoms with E-state index in [9.17, 15) is 0 Å². The van der Waals surface area contributed by atoms with Crippen LogP contribution in [0.5, 0.6) is 0 Å². The molecule has 0 saturated heterocycles. The SMILES string of the molecule is OCCCCCCCCCc1ncc2[nH]cnc2n1. The second-order valence-electron chi connectivity index (χ2n) is 4.87. The molecule has 0 aliphatic heterocycles. The van der Waals surface area contributed by atoms with Crippen molar-refractivity contribution in [2.24, 2.45) is 0 Å². The highest BCUT2D eigenvalue weighted by Gasteiger charge is 2.01. The summed E-state index contributed by atoms with van der Waals surface area (Å²) in [7, 11) is 0. The highest BCUT2D eigenvalue weighted by Crippen LogP contribution is 2.10. The Balaban J connectivity index is 1.60. The molecule has 2 rings (SSSR count). The minimum absolute atomic E-state index is 0.326. The molecular formula is C14H22N4O. The lowest BCUT2D eigenvalue weighted by Gasteiger charge is -2.01. The molecule has 0 radical (unpaired) electrons. The lowest BCUT2D eigenvalue weighted by Crippen LogP contribution is -1.95. The molecule has 2 aromatic heterocycles. The topological polar surface area (TPSA) is 74.7 Å². The van der Waals surface area contributed by atoms with Gasteiger partial charge in [0.15, 0.2) is 5.65 Å². The number of aromatic amines is 1. The van der Waals surface area contributed by atoms with Gasteiger partial charge in [0.05, 0.1) is 12.5 Å². The van der Waals surface area contributed by atoms with E-state index in [1.807, 2.05) is 0 Å². The molecule has 0 aliphatic carbocycles. The number of nitrogens with one attached hydrogen (secondary N) is 1. The summed E-state index contributed by atoms with van der Waals surface area (Å²) >= 11 is 0. The summed E-state index contributed by atoms with van der Waals surface area (Å²) in [5, 5.41) is 8.67. The first-order valence-electron chi connectivity index (χ1n) is 7.16. The van der Waals surface area contributed by atoms with Crippen LogP contribution in [0.3, 0.4) is 0 Å². The Morgan fingerprint density at radius 2 is 1.68 bits per heavy atom. The summed E-state index contributed by atoms with van der Waals surface area (Å²) in [6.45, 7) is 0.326. The fourth-order valence-electron chi connectivity index (χ4n) is 2.17. The number of aliphatic hydroxyl groups excluding tert-OH is 1. The van der Waals surface area contributed by atoms with Crippen LogP contribution in [0.1, 0.15) is 50.8 Å². The Bertz CT molecular complexity index is 483. The molecule has 0 unspecified atom stereocenters. The number of H-pyrrole nitrogens is 1. The highest BCUT2D eigenvalue weighted by atomic mass is 16.2. The third-order valence-electron chi connectivity index (χ3n) is 3.28. The van der Waals surface area contributed by atoms with Crippen LogP contribution in [-0.2, 0) is 6.42 Å². The number of imidazole rings is 1. The number of rotatable bonds is 9. The highest BCUT2D eigenvalue weighted by molar-refractivity contribution is 5.67. The van der Waals surface area contributed by atoms with Crippen molar-refractivity contribution in [3.05, 3.63) is 18.3 Å². The van der Waals surface area contributed by atoms with E-state index in [0.717, 1.165) is 42.7 Å². The van der Waals surface area contributed by atoms with Crippen LogP contribution in [0.25, 0.3) is 11.2 Å². The fraction of sp³-hybridized carbons (Fsp3) is 0.643. The van der Waals surface area contributed by atoms with Gasteiger partial charge in [0, 0.05) is 13.0 Å². The Morgan fingerprint density at radius 3 is 2.47 bits per heavy atom. The standard InChI is InChI=1S/C14H22N4O/c19-9-7-5-3-1-2-4-6-8-13-15-10-12-14(18-13)17-11-16-12/h10-11,19H,1-9H2,(H,15,16,17,18). The van der Waals surface area contributed by atoms with Crippen molar-refractivity contribution in [1.82, 2.24) is 19.9 Å². The lowest BCUT2D eigenvalue weighted by atomic mass is 10.1. The summed E-state index contributed by atoms with van der Waals surface area (Å²) in [4.78, 5) is 15.9. The van der Waals surface area contributed by atoms with E-state index in [1.54, 1.807) is 12.5 Å². The number of hydrogen-bond acceptors (Lipinski definition) is 4. The summed E-state index contributed by atoms with van der Waals surface area (Å²) in [5.41, 5.74) is 1.65. The second-order valence-corrected chi connectivity index (χ2v) is 4.87. The van der Waals surface area contributed by atoms with Crippen LogP contribution in [-0.4, -0.2) is 31.6 Å². The first-order chi connectivity index (χ1) is 9.40. The van der Waals surface area contributed by atoms with Gasteiger partial charge in [-0.15, -0.1) is 0 Å². The van der Waals surface area contributed by atoms with Crippen LogP contribution >= 0.6 is 0 Å². The van der Waals surface area contributed by atoms with E-state index in [2.05, 4.69) is 19.9 Å². The number of aryl methyl sites for hydroxylation is 1. The zero-order valence-corrected chi connectivity index (χ0v) is 11.3. The summed E-state index contributed by atoms with van der Waals surface area (Å²) in [5.74, 6) is 0.889. The molecule has 0 aliphatic rings. The molecule has 104 valence electrons. The number of fused-ring (bicyclic) bond motifs is 1. The van der Waals surface area contributed by atoms with Crippen molar-refractivity contribution in [3.63, 3.8) is 0 Å². The third-order valence-corrected chi connectivity index (χ3v) is 3.28. The van der Waals surface area contributed by atoms with Crippen molar-refractivity contribution >= 4 is 11.2 Å². The van der Waals surface area contributed by atoms with E-state index in [1.165, 1.54) is 25.7 Å². The molecule has 0 aromatic carbocycles. The molecule has 2 aromatic rings. The average molecular weight is 262 g/mol. The van der Waals surface area contributed by atoms with E-state index in [4.69, 9.17) is 5.11 Å². The minimum Gasteiger partial charge on any atom is -0.396 e. The molecule has 0 atom stereocenters. The predicted molar refractivity (Wildman–Crippen MR) is 74.8 cm³/mol. The number of hydrogen-bond donors (Lipinski definition) is 2. The van der Waals surface area contributed by atoms with Crippen molar-refractivity contribution in [2.75, 3.05) is 6.61 Å². The lowest BCUT2D eigenvalue weighted by molar-refractivity contribution is 0.282. The average Bonchev–Trinajstić information content (AvgIpc) is 2.89. The first kappa shape index (κ1) is 13.9. The summed E-state index contributed by atoms with van der Waals surface area (Å²) in [6, 6.07) is 0. The van der Waals surface area contributed by atoms with Gasteiger partial charge in [0.2, 0.25) is 0 Å². The molecule has 0 amide bonds. The van der Waals surface area contributed by atoms with Gasteiger partial charge in [-0.2, -0.15) is 0 Å². The molecule has 0 spiro atoms. The van der Waals surface area contributed by atoms with Crippen molar-refractivity contribution < 1.29 is 5.11 Å². The maximum Gasteiger partial charge on any atom is 0.180 e. The van der Waals surface area contributed by atoms with Gasteiger partial charge in [-0.05, 0) is 12.8 Å². The normalized spacial score (nSPS) is 11.2. The van der Waals surface area contributed by atoms with Crippen molar-refractivity contribution in [2.45, 2.75) is 51.4 Å². The first-order valence-corrected chi connectivity index (χ1v) is 7.16. The fourth-order valence-corrected chi connectivity index (χ4v) is 2.17. The zero-order chi connectivity index (χ0) is 13.3. The number of aliphatic hydroxyl groups is 1. The summed E-state index contributed by atoms with van der Waals surface area (Å²) in [6.07, 6.45) is 12.6. The van der Waals surface area contributed by atoms with Gasteiger partial charge in [-0.25, -0.2) is 15.0 Å². The van der Waals surface area contributed by atoms with Gasteiger partial charge in [-0.3, -0.25) is 0 Å². The zero-order valence-electron chi connectivity index (χ0n) is 11.3. The molecule has 2 heterocycles. The molecule has 0 fully saturated rings. The maximum atomic E-state index is 8.67. The molecule has 0 saturated carbocycles.